The molecule has 2 heterocycles. The third-order valence-corrected chi connectivity index (χ3v) is 3.87. The van der Waals surface area contributed by atoms with Crippen molar-refractivity contribution in [1.29, 1.82) is 0 Å². The van der Waals surface area contributed by atoms with Crippen molar-refractivity contribution in [3.63, 3.8) is 0 Å². The number of nitrogens with two attached hydrogens (primary N) is 1. The van der Waals surface area contributed by atoms with Gasteiger partial charge >= 0.3 is 12.4 Å². The Hall–Kier alpha value is -2.75. The highest BCUT2D eigenvalue weighted by atomic mass is 19.4. The van der Waals surface area contributed by atoms with Gasteiger partial charge in [-0.05, 0) is 35.4 Å². The monoisotopic (exact) mass is 389 g/mol. The molecule has 10 heteroatoms. The molecule has 0 fully saturated rings. The van der Waals surface area contributed by atoms with Gasteiger partial charge in [-0.15, -0.1) is 5.06 Å². The maximum absolute atomic E-state index is 13.0. The van der Waals surface area contributed by atoms with Crippen LogP contribution in [-0.4, -0.2) is 10.0 Å². The van der Waals surface area contributed by atoms with Crippen LogP contribution in [0.15, 0.2) is 54.7 Å². The summed E-state index contributed by atoms with van der Waals surface area (Å²) in [6.45, 7) is -0.343. The number of alkyl halides is 6. The zero-order valence-corrected chi connectivity index (χ0v) is 13.6. The van der Waals surface area contributed by atoms with Crippen LogP contribution in [0.4, 0.5) is 26.3 Å². The highest BCUT2D eigenvalue weighted by molar-refractivity contribution is 5.34. The first-order chi connectivity index (χ1) is 12.5. The van der Waals surface area contributed by atoms with Gasteiger partial charge in [0.05, 0.1) is 23.7 Å². The number of halogens is 6. The van der Waals surface area contributed by atoms with Crippen molar-refractivity contribution in [2.75, 3.05) is 0 Å². The lowest BCUT2D eigenvalue weighted by Crippen LogP contribution is -2.24. The quantitative estimate of drug-likeness (QED) is 0.791. The topological polar surface area (TPSA) is 51.4 Å². The molecule has 144 valence electrons. The Morgan fingerprint density at radius 2 is 1.67 bits per heavy atom. The molecule has 0 saturated carbocycles. The van der Waals surface area contributed by atoms with Crippen molar-refractivity contribution < 1.29 is 31.2 Å². The third-order valence-electron chi connectivity index (χ3n) is 3.87. The molecule has 0 saturated heterocycles. The van der Waals surface area contributed by atoms with Gasteiger partial charge in [-0.2, -0.15) is 26.3 Å². The molecule has 0 radical (unpaired) electrons. The molecule has 0 amide bonds. The lowest BCUT2D eigenvalue weighted by atomic mass is 10.0. The number of nitrogens with zero attached hydrogens (tertiary/aromatic N) is 2. The average molecular weight is 389 g/mol. The van der Waals surface area contributed by atoms with Crippen LogP contribution in [-0.2, 0) is 23.7 Å². The summed E-state index contributed by atoms with van der Waals surface area (Å²) in [6.07, 6.45) is -5.30. The molecule has 0 spiro atoms. The van der Waals surface area contributed by atoms with Crippen LogP contribution >= 0.6 is 0 Å². The number of rotatable bonds is 3. The van der Waals surface area contributed by atoms with Crippen molar-refractivity contribution in [2.24, 2.45) is 5.73 Å². The SMILES string of the molecule is NC1=CC(c2cccnc2)N(Cc2cc(C(F)(F)F)cc(C(F)(F)F)c2)O1. The summed E-state index contributed by atoms with van der Waals surface area (Å²) in [4.78, 5) is 9.20. The Bertz CT molecular complexity index is 816. The molecule has 1 aliphatic heterocycles. The third kappa shape index (κ3) is 4.33. The summed E-state index contributed by atoms with van der Waals surface area (Å²) in [6, 6.07) is 4.14. The largest absolute Gasteiger partial charge is 0.416 e. The fraction of sp³-hybridized carbons (Fsp3) is 0.235. The summed E-state index contributed by atoms with van der Waals surface area (Å²) in [5, 5.41) is 1.20. The predicted octanol–water partition coefficient (Wildman–Crippen LogP) is 4.41. The van der Waals surface area contributed by atoms with Gasteiger partial charge in [0.15, 0.2) is 0 Å². The van der Waals surface area contributed by atoms with E-state index in [1.165, 1.54) is 23.5 Å². The first-order valence-corrected chi connectivity index (χ1v) is 7.64. The number of hydroxylamine groups is 2. The minimum Gasteiger partial charge on any atom is -0.387 e. The van der Waals surface area contributed by atoms with Crippen molar-refractivity contribution in [3.8, 4) is 0 Å². The smallest absolute Gasteiger partial charge is 0.387 e. The number of benzene rings is 1. The summed E-state index contributed by atoms with van der Waals surface area (Å²) in [5.74, 6) is -0.00752. The zero-order chi connectivity index (χ0) is 19.8. The van der Waals surface area contributed by atoms with Gasteiger partial charge in [-0.1, -0.05) is 6.07 Å². The van der Waals surface area contributed by atoms with Crippen LogP contribution < -0.4 is 5.73 Å². The lowest BCUT2D eigenvalue weighted by molar-refractivity contribution is -0.144. The van der Waals surface area contributed by atoms with Crippen LogP contribution in [0.2, 0.25) is 0 Å². The summed E-state index contributed by atoms with van der Waals surface area (Å²) in [5.41, 5.74) is 3.27. The molecule has 1 aromatic heterocycles. The van der Waals surface area contributed by atoms with E-state index in [0.29, 0.717) is 17.7 Å². The van der Waals surface area contributed by atoms with Gasteiger partial charge in [-0.3, -0.25) is 4.98 Å². The normalized spacial score (nSPS) is 18.3. The van der Waals surface area contributed by atoms with Gasteiger partial charge in [0.1, 0.15) is 0 Å². The molecule has 1 atom stereocenters. The Morgan fingerprint density at radius 1 is 1.04 bits per heavy atom. The van der Waals surface area contributed by atoms with Crippen LogP contribution in [0.3, 0.4) is 0 Å². The maximum atomic E-state index is 13.0. The second kappa shape index (κ2) is 6.76. The van der Waals surface area contributed by atoms with E-state index in [9.17, 15) is 26.3 Å². The van der Waals surface area contributed by atoms with Crippen molar-refractivity contribution >= 4 is 0 Å². The van der Waals surface area contributed by atoms with E-state index >= 15 is 0 Å². The Kier molecular flexibility index (Phi) is 4.77. The van der Waals surface area contributed by atoms with Gasteiger partial charge in [-0.25, -0.2) is 0 Å². The second-order valence-corrected chi connectivity index (χ2v) is 5.88. The van der Waals surface area contributed by atoms with E-state index in [4.69, 9.17) is 10.6 Å². The average Bonchev–Trinajstić information content (AvgIpc) is 2.94. The molecule has 3 rings (SSSR count). The van der Waals surface area contributed by atoms with Gasteiger partial charge in [0.25, 0.3) is 0 Å². The number of pyridine rings is 1. The van der Waals surface area contributed by atoms with E-state index in [2.05, 4.69) is 4.98 Å². The lowest BCUT2D eigenvalue weighted by Gasteiger charge is -2.23. The number of aromatic nitrogens is 1. The van der Waals surface area contributed by atoms with Gasteiger partial charge in [0.2, 0.25) is 5.88 Å². The molecular weight excluding hydrogens is 376 g/mol. The van der Waals surface area contributed by atoms with Crippen LogP contribution in [0.5, 0.6) is 0 Å². The van der Waals surface area contributed by atoms with E-state index < -0.39 is 29.5 Å². The fourth-order valence-electron chi connectivity index (χ4n) is 2.70. The minimum absolute atomic E-state index is 0.00752. The van der Waals surface area contributed by atoms with Crippen LogP contribution in [0.1, 0.15) is 28.3 Å². The summed E-state index contributed by atoms with van der Waals surface area (Å²) < 4.78 is 78.0. The van der Waals surface area contributed by atoms with E-state index in [1.807, 2.05) is 0 Å². The van der Waals surface area contributed by atoms with Crippen molar-refractivity contribution in [2.45, 2.75) is 24.9 Å². The molecule has 1 aromatic carbocycles. The molecule has 2 N–H and O–H groups in total. The summed E-state index contributed by atoms with van der Waals surface area (Å²) >= 11 is 0. The maximum Gasteiger partial charge on any atom is 0.416 e. The molecule has 1 aliphatic rings. The number of hydrogen-bond acceptors (Lipinski definition) is 4. The van der Waals surface area contributed by atoms with Crippen molar-refractivity contribution in [3.05, 3.63) is 76.9 Å². The fourth-order valence-corrected chi connectivity index (χ4v) is 2.70. The van der Waals surface area contributed by atoms with Crippen LogP contribution in [0.25, 0.3) is 0 Å². The van der Waals surface area contributed by atoms with Gasteiger partial charge < -0.3 is 10.6 Å². The second-order valence-electron chi connectivity index (χ2n) is 5.88. The Morgan fingerprint density at radius 3 is 2.19 bits per heavy atom. The summed E-state index contributed by atoms with van der Waals surface area (Å²) in [7, 11) is 0. The number of hydrogen-bond donors (Lipinski definition) is 1. The Balaban J connectivity index is 1.94. The van der Waals surface area contributed by atoms with E-state index in [1.54, 1.807) is 12.1 Å². The first kappa shape index (κ1) is 19.0. The molecule has 27 heavy (non-hydrogen) atoms. The molecule has 0 bridgehead atoms. The highest BCUT2D eigenvalue weighted by Gasteiger charge is 2.37. The van der Waals surface area contributed by atoms with E-state index in [-0.39, 0.29) is 24.1 Å². The highest BCUT2D eigenvalue weighted by Crippen LogP contribution is 2.38. The van der Waals surface area contributed by atoms with E-state index in [0.717, 1.165) is 0 Å². The van der Waals surface area contributed by atoms with Gasteiger partial charge in [0, 0.05) is 18.5 Å². The first-order valence-electron chi connectivity index (χ1n) is 7.64. The van der Waals surface area contributed by atoms with Crippen molar-refractivity contribution in [1.82, 2.24) is 10.0 Å². The molecule has 4 nitrogen and oxygen atoms in total. The van der Waals surface area contributed by atoms with Crippen LogP contribution in [0, 0.1) is 0 Å². The molecule has 1 unspecified atom stereocenters. The predicted molar refractivity (Wildman–Crippen MR) is 82.3 cm³/mol. The zero-order valence-electron chi connectivity index (χ0n) is 13.6. The molecule has 2 aromatic rings. The molecular formula is C17H13F6N3O. The molecule has 0 aliphatic carbocycles. The standard InChI is InChI=1S/C17H13F6N3O/c18-16(19,20)12-4-10(5-13(6-12)17(21,22)23)9-26-14(7-15(24)27-26)11-2-1-3-25-8-11/h1-8,14H,9,24H2. The Labute approximate surface area is 149 Å². The minimum atomic E-state index is -4.91.